The van der Waals surface area contributed by atoms with Gasteiger partial charge in [-0.25, -0.2) is 0 Å². The first-order chi connectivity index (χ1) is 14.0. The number of pyridine rings is 1. The molecule has 0 radical (unpaired) electrons. The molecule has 1 aromatic heterocycles. The minimum Gasteiger partial charge on any atom is -0.493 e. The topological polar surface area (TPSA) is 81.1 Å². The third-order valence-electron chi connectivity index (χ3n) is 5.41. The van der Waals surface area contributed by atoms with Crippen LogP contribution in [-0.2, 0) is 4.79 Å². The lowest BCUT2D eigenvalue weighted by molar-refractivity contribution is -0.143. The molecule has 0 spiro atoms. The molecular formula is C22H28N2O5. The number of nitrogens with zero attached hydrogens (tertiary/aromatic N) is 2. The van der Waals surface area contributed by atoms with Crippen LogP contribution in [0.5, 0.6) is 17.2 Å². The SMILES string of the molecule is COc1ccc(C(c2ccc(C)cn2)N2CCCC(C(=O)O)C2)c(OC)c1OC. The van der Waals surface area contributed by atoms with Gasteiger partial charge in [0, 0.05) is 18.3 Å². The Morgan fingerprint density at radius 1 is 1.14 bits per heavy atom. The predicted octanol–water partition coefficient (Wildman–Crippen LogP) is 3.30. The maximum Gasteiger partial charge on any atom is 0.307 e. The quantitative estimate of drug-likeness (QED) is 0.764. The molecule has 1 aromatic carbocycles. The summed E-state index contributed by atoms with van der Waals surface area (Å²) in [6.07, 6.45) is 3.33. The van der Waals surface area contributed by atoms with E-state index in [1.165, 1.54) is 0 Å². The first-order valence-corrected chi connectivity index (χ1v) is 9.68. The lowest BCUT2D eigenvalue weighted by Gasteiger charge is -2.37. The second kappa shape index (κ2) is 9.13. The van der Waals surface area contributed by atoms with E-state index in [9.17, 15) is 9.90 Å². The number of aliphatic carboxylic acids is 1. The van der Waals surface area contributed by atoms with Crippen LogP contribution in [0.25, 0.3) is 0 Å². The summed E-state index contributed by atoms with van der Waals surface area (Å²) in [4.78, 5) is 18.5. The molecule has 2 heterocycles. The summed E-state index contributed by atoms with van der Waals surface area (Å²) in [5.41, 5.74) is 2.77. The number of benzene rings is 1. The Balaban J connectivity index is 2.13. The van der Waals surface area contributed by atoms with Crippen LogP contribution >= 0.6 is 0 Å². The van der Waals surface area contributed by atoms with Crippen LogP contribution in [-0.4, -0.2) is 55.4 Å². The Labute approximate surface area is 171 Å². The summed E-state index contributed by atoms with van der Waals surface area (Å²) in [7, 11) is 4.75. The number of carboxylic acid groups (broad SMARTS) is 1. The van der Waals surface area contributed by atoms with Crippen molar-refractivity contribution in [2.75, 3.05) is 34.4 Å². The number of hydrogen-bond acceptors (Lipinski definition) is 6. The first-order valence-electron chi connectivity index (χ1n) is 9.68. The van der Waals surface area contributed by atoms with Gasteiger partial charge in [0.15, 0.2) is 11.5 Å². The van der Waals surface area contributed by atoms with E-state index in [-0.39, 0.29) is 6.04 Å². The van der Waals surface area contributed by atoms with Gasteiger partial charge in [-0.05, 0) is 50.1 Å². The number of hydrogen-bond donors (Lipinski definition) is 1. The zero-order valence-electron chi connectivity index (χ0n) is 17.3. The van der Waals surface area contributed by atoms with Gasteiger partial charge < -0.3 is 19.3 Å². The Kier molecular flexibility index (Phi) is 6.59. The molecule has 7 nitrogen and oxygen atoms in total. The number of aryl methyl sites for hydroxylation is 1. The zero-order valence-corrected chi connectivity index (χ0v) is 17.3. The molecule has 1 saturated heterocycles. The van der Waals surface area contributed by atoms with E-state index >= 15 is 0 Å². The predicted molar refractivity (Wildman–Crippen MR) is 109 cm³/mol. The average Bonchev–Trinajstić information content (AvgIpc) is 2.74. The molecule has 7 heteroatoms. The van der Waals surface area contributed by atoms with Crippen LogP contribution in [0.4, 0.5) is 0 Å². The number of piperidine rings is 1. The number of carbonyl (C=O) groups is 1. The molecule has 0 aliphatic carbocycles. The highest BCUT2D eigenvalue weighted by atomic mass is 16.5. The van der Waals surface area contributed by atoms with Crippen molar-refractivity contribution in [2.24, 2.45) is 5.92 Å². The zero-order chi connectivity index (χ0) is 21.0. The third-order valence-corrected chi connectivity index (χ3v) is 5.41. The summed E-state index contributed by atoms with van der Waals surface area (Å²) in [6.45, 7) is 3.22. The molecule has 1 fully saturated rings. The number of ether oxygens (including phenoxy) is 3. The van der Waals surface area contributed by atoms with E-state index in [1.54, 1.807) is 21.3 Å². The van der Waals surface area contributed by atoms with Gasteiger partial charge in [-0.2, -0.15) is 0 Å². The van der Waals surface area contributed by atoms with Gasteiger partial charge in [0.2, 0.25) is 5.75 Å². The molecule has 0 amide bonds. The van der Waals surface area contributed by atoms with Gasteiger partial charge in [-0.3, -0.25) is 14.7 Å². The molecule has 3 rings (SSSR count). The normalized spacial score (nSPS) is 18.1. The van der Waals surface area contributed by atoms with Crippen molar-refractivity contribution in [3.63, 3.8) is 0 Å². The average molecular weight is 400 g/mol. The molecule has 0 bridgehead atoms. The highest BCUT2D eigenvalue weighted by molar-refractivity contribution is 5.70. The number of methoxy groups -OCH3 is 3. The fourth-order valence-electron chi connectivity index (χ4n) is 3.97. The monoisotopic (exact) mass is 400 g/mol. The van der Waals surface area contributed by atoms with Gasteiger partial charge in [0.25, 0.3) is 0 Å². The summed E-state index contributed by atoms with van der Waals surface area (Å²) in [5.74, 6) is 0.492. The Hall–Kier alpha value is -2.80. The van der Waals surface area contributed by atoms with Crippen molar-refractivity contribution in [1.29, 1.82) is 0 Å². The van der Waals surface area contributed by atoms with Crippen molar-refractivity contribution in [2.45, 2.75) is 25.8 Å². The lowest BCUT2D eigenvalue weighted by Crippen LogP contribution is -2.41. The molecular weight excluding hydrogens is 372 g/mol. The molecule has 0 saturated carbocycles. The highest BCUT2D eigenvalue weighted by Crippen LogP contribution is 2.45. The van der Waals surface area contributed by atoms with E-state index in [0.29, 0.717) is 30.2 Å². The smallest absolute Gasteiger partial charge is 0.307 e. The van der Waals surface area contributed by atoms with Crippen LogP contribution in [0.2, 0.25) is 0 Å². The molecule has 2 atom stereocenters. The van der Waals surface area contributed by atoms with Gasteiger partial charge >= 0.3 is 5.97 Å². The minimum atomic E-state index is -0.760. The van der Waals surface area contributed by atoms with Crippen molar-refractivity contribution in [3.8, 4) is 17.2 Å². The van der Waals surface area contributed by atoms with Crippen molar-refractivity contribution >= 4 is 5.97 Å². The van der Waals surface area contributed by atoms with E-state index in [0.717, 1.165) is 29.8 Å². The second-order valence-corrected chi connectivity index (χ2v) is 7.26. The van der Waals surface area contributed by atoms with E-state index in [4.69, 9.17) is 14.2 Å². The number of carboxylic acids is 1. The summed E-state index contributed by atoms with van der Waals surface area (Å²) >= 11 is 0. The first kappa shape index (κ1) is 20.9. The van der Waals surface area contributed by atoms with Gasteiger partial charge in [0.1, 0.15) is 0 Å². The summed E-state index contributed by atoms with van der Waals surface area (Å²) < 4.78 is 16.7. The van der Waals surface area contributed by atoms with Crippen LogP contribution in [0.3, 0.4) is 0 Å². The Morgan fingerprint density at radius 3 is 2.48 bits per heavy atom. The largest absolute Gasteiger partial charge is 0.493 e. The maximum absolute atomic E-state index is 11.6. The van der Waals surface area contributed by atoms with Crippen LogP contribution in [0.1, 0.15) is 35.7 Å². The lowest BCUT2D eigenvalue weighted by atomic mass is 9.92. The second-order valence-electron chi connectivity index (χ2n) is 7.26. The molecule has 2 unspecified atom stereocenters. The van der Waals surface area contributed by atoms with Crippen molar-refractivity contribution < 1.29 is 24.1 Å². The fraction of sp³-hybridized carbons (Fsp3) is 0.455. The molecule has 2 aromatic rings. The standard InChI is InChI=1S/C22H28N2O5/c1-14-7-9-17(23-12-14)19(24-11-5-6-15(13-24)22(25)26)16-8-10-18(27-2)21(29-4)20(16)28-3/h7-10,12,15,19H,5-6,11,13H2,1-4H3,(H,25,26). The van der Waals surface area contributed by atoms with Crippen LogP contribution < -0.4 is 14.2 Å². The molecule has 1 aliphatic rings. The third kappa shape index (κ3) is 4.29. The van der Waals surface area contributed by atoms with Crippen LogP contribution in [0, 0.1) is 12.8 Å². The van der Waals surface area contributed by atoms with Crippen LogP contribution in [0.15, 0.2) is 30.5 Å². The van der Waals surface area contributed by atoms with Crippen molar-refractivity contribution in [3.05, 3.63) is 47.3 Å². The van der Waals surface area contributed by atoms with Gasteiger partial charge in [0.05, 0.1) is 39.0 Å². The molecule has 1 aliphatic heterocycles. The summed E-state index contributed by atoms with van der Waals surface area (Å²) in [5, 5.41) is 9.56. The summed E-state index contributed by atoms with van der Waals surface area (Å²) in [6, 6.07) is 7.53. The number of aromatic nitrogens is 1. The fourth-order valence-corrected chi connectivity index (χ4v) is 3.97. The molecule has 29 heavy (non-hydrogen) atoms. The number of rotatable bonds is 7. The van der Waals surface area contributed by atoms with Crippen molar-refractivity contribution in [1.82, 2.24) is 9.88 Å². The molecule has 156 valence electrons. The van der Waals surface area contributed by atoms with E-state index in [2.05, 4.69) is 9.88 Å². The van der Waals surface area contributed by atoms with Gasteiger partial charge in [-0.1, -0.05) is 6.07 Å². The molecule has 1 N–H and O–H groups in total. The highest BCUT2D eigenvalue weighted by Gasteiger charge is 2.34. The minimum absolute atomic E-state index is 0.257. The van der Waals surface area contributed by atoms with Gasteiger partial charge in [-0.15, -0.1) is 0 Å². The maximum atomic E-state index is 11.6. The Morgan fingerprint density at radius 2 is 1.90 bits per heavy atom. The Bertz CT molecular complexity index is 853. The van der Waals surface area contributed by atoms with E-state index < -0.39 is 11.9 Å². The number of likely N-dealkylation sites (tertiary alicyclic amines) is 1. The van der Waals surface area contributed by atoms with E-state index in [1.807, 2.05) is 37.4 Å².